The van der Waals surface area contributed by atoms with Gasteiger partial charge in [0.1, 0.15) is 11.6 Å². The Labute approximate surface area is 144 Å². The lowest BCUT2D eigenvalue weighted by Gasteiger charge is -2.32. The van der Waals surface area contributed by atoms with Gasteiger partial charge in [0.15, 0.2) is 0 Å². The summed E-state index contributed by atoms with van der Waals surface area (Å²) in [5.74, 6) is 0.186. The summed E-state index contributed by atoms with van der Waals surface area (Å²) in [4.78, 5) is 0. The molecule has 1 aliphatic heterocycles. The summed E-state index contributed by atoms with van der Waals surface area (Å²) in [6.45, 7) is 11.0. The van der Waals surface area contributed by atoms with Crippen molar-refractivity contribution in [3.63, 3.8) is 0 Å². The number of hydrogen-bond donors (Lipinski definition) is 1. The van der Waals surface area contributed by atoms with Crippen LogP contribution in [-0.4, -0.2) is 38.5 Å². The van der Waals surface area contributed by atoms with Gasteiger partial charge in [0.2, 0.25) is 0 Å². The van der Waals surface area contributed by atoms with Gasteiger partial charge in [0.05, 0.1) is 17.8 Å². The Kier molecular flexibility index (Phi) is 5.73. The van der Waals surface area contributed by atoms with Crippen molar-refractivity contribution in [1.82, 2.24) is 5.32 Å². The summed E-state index contributed by atoms with van der Waals surface area (Å²) in [5, 5.41) is 3.12. The lowest BCUT2D eigenvalue weighted by molar-refractivity contribution is 0.00578. The number of rotatable bonds is 6. The Morgan fingerprint density at radius 3 is 2.38 bits per heavy atom. The van der Waals surface area contributed by atoms with Gasteiger partial charge in [-0.15, -0.1) is 0 Å². The van der Waals surface area contributed by atoms with Crippen LogP contribution < -0.4 is 10.1 Å². The molecular weight excluding hydrogens is 308 g/mol. The molecule has 1 aromatic carbocycles. The van der Waals surface area contributed by atoms with Crippen molar-refractivity contribution in [3.8, 4) is 5.75 Å². The molecule has 0 saturated carbocycles. The minimum Gasteiger partial charge on any atom is -0.494 e. The number of nitrogens with one attached hydrogen (secondary N) is 1. The van der Waals surface area contributed by atoms with E-state index in [0.29, 0.717) is 18.9 Å². The van der Waals surface area contributed by atoms with Crippen molar-refractivity contribution in [3.05, 3.63) is 35.1 Å². The molecule has 0 spiro atoms. The third kappa shape index (κ3) is 4.18. The van der Waals surface area contributed by atoms with E-state index in [2.05, 4.69) is 5.32 Å². The fourth-order valence-corrected chi connectivity index (χ4v) is 2.53. The molecule has 132 valence electrons. The molecule has 2 rings (SSSR count). The second-order valence-corrected chi connectivity index (χ2v) is 6.99. The number of ether oxygens (including phenoxy) is 1. The van der Waals surface area contributed by atoms with E-state index in [4.69, 9.17) is 14.0 Å². The number of halogens is 1. The van der Waals surface area contributed by atoms with Crippen LogP contribution in [0, 0.1) is 5.82 Å². The zero-order chi connectivity index (χ0) is 18.0. The Balaban J connectivity index is 2.33. The molecule has 0 unspecified atom stereocenters. The lowest BCUT2D eigenvalue weighted by atomic mass is 9.77. The Morgan fingerprint density at radius 1 is 1.21 bits per heavy atom. The Morgan fingerprint density at radius 2 is 1.83 bits per heavy atom. The molecule has 0 bridgehead atoms. The highest BCUT2D eigenvalue weighted by molar-refractivity contribution is 6.55. The van der Waals surface area contributed by atoms with E-state index >= 15 is 0 Å². The maximum Gasteiger partial charge on any atom is 0.491 e. The molecule has 0 atom stereocenters. The molecule has 0 aliphatic carbocycles. The van der Waals surface area contributed by atoms with E-state index in [0.717, 1.165) is 11.0 Å². The number of likely N-dealkylation sites (N-methyl/N-ethyl adjacent to an activating group) is 1. The van der Waals surface area contributed by atoms with Crippen LogP contribution in [0.2, 0.25) is 0 Å². The van der Waals surface area contributed by atoms with Gasteiger partial charge >= 0.3 is 7.12 Å². The first kappa shape index (κ1) is 19.0. The highest BCUT2D eigenvalue weighted by Crippen LogP contribution is 2.38. The summed E-state index contributed by atoms with van der Waals surface area (Å²) in [7, 11) is 1.39. The summed E-state index contributed by atoms with van der Waals surface area (Å²) < 4.78 is 31.4. The average Bonchev–Trinajstić information content (AvgIpc) is 2.67. The van der Waals surface area contributed by atoms with Crippen molar-refractivity contribution in [2.75, 3.05) is 20.2 Å². The number of hydrogen-bond acceptors (Lipinski definition) is 4. The van der Waals surface area contributed by atoms with Crippen LogP contribution in [0.3, 0.4) is 0 Å². The highest BCUT2D eigenvalue weighted by Gasteiger charge is 2.52. The molecule has 1 aliphatic rings. The monoisotopic (exact) mass is 335 g/mol. The smallest absolute Gasteiger partial charge is 0.491 e. The van der Waals surface area contributed by atoms with Gasteiger partial charge in [-0.3, -0.25) is 0 Å². The van der Waals surface area contributed by atoms with Crippen molar-refractivity contribution < 1.29 is 18.4 Å². The van der Waals surface area contributed by atoms with E-state index in [-0.39, 0.29) is 5.82 Å². The molecule has 1 heterocycles. The van der Waals surface area contributed by atoms with E-state index in [9.17, 15) is 4.39 Å². The standard InChI is InChI=1S/C18H27BFNO3/c1-7-22-16-10-13(9-15(20)11-16)8-14(12-21-6)19-23-17(2,3)18(4,5)24-19/h8-11,21H,7,12H2,1-6H3. The van der Waals surface area contributed by atoms with Crippen molar-refractivity contribution in [2.24, 2.45) is 0 Å². The summed E-state index contributed by atoms with van der Waals surface area (Å²) in [6, 6.07) is 4.67. The molecule has 4 nitrogen and oxygen atoms in total. The van der Waals surface area contributed by atoms with Gasteiger partial charge in [0.25, 0.3) is 0 Å². The van der Waals surface area contributed by atoms with Crippen LogP contribution >= 0.6 is 0 Å². The van der Waals surface area contributed by atoms with Crippen LogP contribution in [0.5, 0.6) is 5.75 Å². The molecule has 1 N–H and O–H groups in total. The van der Waals surface area contributed by atoms with Gasteiger partial charge in [-0.25, -0.2) is 4.39 Å². The van der Waals surface area contributed by atoms with Crippen LogP contribution in [0.25, 0.3) is 6.08 Å². The van der Waals surface area contributed by atoms with Gasteiger partial charge in [-0.05, 0) is 64.8 Å². The largest absolute Gasteiger partial charge is 0.494 e. The normalized spacial score (nSPS) is 19.6. The molecule has 1 fully saturated rings. The number of benzene rings is 1. The Bertz CT molecular complexity index is 600. The highest BCUT2D eigenvalue weighted by atomic mass is 19.1. The van der Waals surface area contributed by atoms with Crippen LogP contribution in [0.1, 0.15) is 40.2 Å². The first-order valence-electron chi connectivity index (χ1n) is 8.32. The molecular formula is C18H27BFNO3. The predicted octanol–water partition coefficient (Wildman–Crippen LogP) is 3.46. The summed E-state index contributed by atoms with van der Waals surface area (Å²) >= 11 is 0. The molecule has 24 heavy (non-hydrogen) atoms. The molecule has 6 heteroatoms. The van der Waals surface area contributed by atoms with E-state index in [1.807, 2.05) is 53.8 Å². The third-order valence-corrected chi connectivity index (χ3v) is 4.49. The zero-order valence-corrected chi connectivity index (χ0v) is 15.4. The summed E-state index contributed by atoms with van der Waals surface area (Å²) in [5.41, 5.74) is 0.800. The minimum absolute atomic E-state index is 0.329. The van der Waals surface area contributed by atoms with Crippen molar-refractivity contribution >= 4 is 13.2 Å². The maximum absolute atomic E-state index is 13.8. The van der Waals surface area contributed by atoms with Crippen LogP contribution in [-0.2, 0) is 9.31 Å². The molecule has 1 saturated heterocycles. The van der Waals surface area contributed by atoms with Gasteiger partial charge in [-0.2, -0.15) is 0 Å². The average molecular weight is 335 g/mol. The zero-order valence-electron chi connectivity index (χ0n) is 15.4. The molecule has 1 aromatic rings. The Hall–Kier alpha value is -1.37. The molecule has 0 amide bonds. The quantitative estimate of drug-likeness (QED) is 0.809. The first-order chi connectivity index (χ1) is 11.2. The molecule has 0 radical (unpaired) electrons. The second kappa shape index (κ2) is 7.25. The van der Waals surface area contributed by atoms with Gasteiger partial charge < -0.3 is 19.4 Å². The van der Waals surface area contributed by atoms with E-state index < -0.39 is 18.3 Å². The van der Waals surface area contributed by atoms with Crippen molar-refractivity contribution in [1.29, 1.82) is 0 Å². The van der Waals surface area contributed by atoms with Gasteiger partial charge in [0, 0.05) is 12.6 Å². The van der Waals surface area contributed by atoms with Crippen molar-refractivity contribution in [2.45, 2.75) is 45.8 Å². The van der Waals surface area contributed by atoms with Crippen LogP contribution in [0.15, 0.2) is 23.7 Å². The second-order valence-electron chi connectivity index (χ2n) is 6.99. The maximum atomic E-state index is 13.8. The molecule has 0 aromatic heterocycles. The van der Waals surface area contributed by atoms with Crippen LogP contribution in [0.4, 0.5) is 4.39 Å². The predicted molar refractivity (Wildman–Crippen MR) is 95.6 cm³/mol. The topological polar surface area (TPSA) is 39.7 Å². The van der Waals surface area contributed by atoms with E-state index in [1.165, 1.54) is 12.1 Å². The first-order valence-corrected chi connectivity index (χ1v) is 8.32. The lowest BCUT2D eigenvalue weighted by Crippen LogP contribution is -2.41. The fraction of sp³-hybridized carbons (Fsp3) is 0.556. The summed E-state index contributed by atoms with van der Waals surface area (Å²) in [6.07, 6.45) is 1.89. The van der Waals surface area contributed by atoms with E-state index in [1.54, 1.807) is 0 Å². The third-order valence-electron chi connectivity index (χ3n) is 4.49. The van der Waals surface area contributed by atoms with Gasteiger partial charge in [-0.1, -0.05) is 6.08 Å². The fourth-order valence-electron chi connectivity index (χ4n) is 2.53. The minimum atomic E-state index is -0.471. The SMILES string of the molecule is CCOc1cc(F)cc(C=C(CNC)B2OC(C)(C)C(C)(C)O2)c1.